The molecule has 0 aromatic heterocycles. The van der Waals surface area contributed by atoms with Gasteiger partial charge in [-0.15, -0.1) is 0 Å². The van der Waals surface area contributed by atoms with Gasteiger partial charge in [-0.25, -0.2) is 0 Å². The zero-order valence-corrected chi connectivity index (χ0v) is 15.2. The molecule has 2 heteroatoms. The molecule has 124 valence electrons. The van der Waals surface area contributed by atoms with Gasteiger partial charge in [-0.1, -0.05) is 35.5 Å². The Morgan fingerprint density at radius 2 is 1.87 bits per heavy atom. The zero-order chi connectivity index (χ0) is 17.4. The molecule has 23 heavy (non-hydrogen) atoms. The molecule has 0 bridgehead atoms. The highest BCUT2D eigenvalue weighted by Crippen LogP contribution is 2.28. The first-order valence-corrected chi connectivity index (χ1v) is 7.98. The van der Waals surface area contributed by atoms with Crippen molar-refractivity contribution in [2.75, 3.05) is 7.11 Å². The van der Waals surface area contributed by atoms with Gasteiger partial charge in [0.1, 0.15) is 12.0 Å². The van der Waals surface area contributed by atoms with Gasteiger partial charge >= 0.3 is 0 Å². The monoisotopic (exact) mass is 312 g/mol. The van der Waals surface area contributed by atoms with Crippen LogP contribution in [0.5, 0.6) is 5.75 Å². The Balaban J connectivity index is 2.88. The summed E-state index contributed by atoms with van der Waals surface area (Å²) in [5.74, 6) is 0.958. The molecular formula is C21H28O2. The average Bonchev–Trinajstić information content (AvgIpc) is 2.51. The summed E-state index contributed by atoms with van der Waals surface area (Å²) in [6.45, 7) is 10.5. The van der Waals surface area contributed by atoms with Gasteiger partial charge in [-0.05, 0) is 69.4 Å². The average molecular weight is 312 g/mol. The van der Waals surface area contributed by atoms with Gasteiger partial charge in [0, 0.05) is 6.42 Å². The smallest absolute Gasteiger partial charge is 0.124 e. The van der Waals surface area contributed by atoms with E-state index in [0.717, 1.165) is 24.0 Å². The number of allylic oxidation sites excluding steroid dienone is 6. The van der Waals surface area contributed by atoms with Crippen LogP contribution in [0.15, 0.2) is 41.5 Å². The Kier molecular flexibility index (Phi) is 7.53. The lowest BCUT2D eigenvalue weighted by Gasteiger charge is -2.15. The van der Waals surface area contributed by atoms with E-state index in [-0.39, 0.29) is 0 Å². The number of carbonyl (C=O) groups excluding carboxylic acids is 1. The maximum Gasteiger partial charge on any atom is 0.124 e. The molecular weight excluding hydrogens is 284 g/mol. The minimum atomic E-state index is 0.497. The molecule has 1 aromatic rings. The summed E-state index contributed by atoms with van der Waals surface area (Å²) in [5, 5.41) is 0. The number of benzene rings is 1. The van der Waals surface area contributed by atoms with Crippen molar-refractivity contribution in [2.45, 2.75) is 47.5 Å². The minimum absolute atomic E-state index is 0.497. The molecule has 0 N–H and O–H groups in total. The van der Waals surface area contributed by atoms with Crippen molar-refractivity contribution in [3.05, 3.63) is 63.8 Å². The van der Waals surface area contributed by atoms with Crippen LogP contribution in [0.25, 0.3) is 0 Å². The van der Waals surface area contributed by atoms with E-state index in [2.05, 4.69) is 45.9 Å². The third-order valence-corrected chi connectivity index (χ3v) is 4.20. The lowest BCUT2D eigenvalue weighted by atomic mass is 9.94. The van der Waals surface area contributed by atoms with Crippen LogP contribution >= 0.6 is 0 Å². The molecule has 1 rings (SSSR count). The largest absolute Gasteiger partial charge is 0.496 e. The van der Waals surface area contributed by atoms with Crippen LogP contribution in [0.3, 0.4) is 0 Å². The Bertz CT molecular complexity index is 646. The Labute approximate surface area is 140 Å². The predicted molar refractivity (Wildman–Crippen MR) is 98.2 cm³/mol. The summed E-state index contributed by atoms with van der Waals surface area (Å²) in [4.78, 5) is 10.4. The van der Waals surface area contributed by atoms with Gasteiger partial charge in [0.25, 0.3) is 0 Å². The predicted octanol–water partition coefficient (Wildman–Crippen LogP) is 5.20. The molecule has 0 aliphatic heterocycles. The quantitative estimate of drug-likeness (QED) is 0.511. The van der Waals surface area contributed by atoms with Crippen LogP contribution in [0.4, 0.5) is 0 Å². The first kappa shape index (κ1) is 19.0. The van der Waals surface area contributed by atoms with E-state index in [1.54, 1.807) is 7.11 Å². The van der Waals surface area contributed by atoms with Crippen molar-refractivity contribution >= 4 is 6.29 Å². The molecule has 0 amide bonds. The lowest BCUT2D eigenvalue weighted by molar-refractivity contribution is -0.107. The van der Waals surface area contributed by atoms with Gasteiger partial charge < -0.3 is 9.53 Å². The number of aldehydes is 1. The minimum Gasteiger partial charge on any atom is -0.496 e. The Morgan fingerprint density at radius 1 is 1.17 bits per heavy atom. The fourth-order valence-corrected chi connectivity index (χ4v) is 2.52. The third kappa shape index (κ3) is 5.55. The van der Waals surface area contributed by atoms with Crippen LogP contribution in [0, 0.1) is 20.8 Å². The number of carbonyl (C=O) groups is 1. The summed E-state index contributed by atoms with van der Waals surface area (Å²) >= 11 is 0. The second kappa shape index (κ2) is 9.14. The van der Waals surface area contributed by atoms with E-state index >= 15 is 0 Å². The molecule has 0 fully saturated rings. The highest BCUT2D eigenvalue weighted by molar-refractivity contribution is 5.54. The van der Waals surface area contributed by atoms with Crippen molar-refractivity contribution < 1.29 is 9.53 Å². The van der Waals surface area contributed by atoms with Crippen molar-refractivity contribution in [3.8, 4) is 5.75 Å². The first-order chi connectivity index (χ1) is 10.9. The molecule has 0 saturated heterocycles. The SMILES string of the molecule is COc1cc(C)c(CC=C(C)C=CC=C(C)CC=O)c(C)c1C. The standard InChI is InChI=1S/C21H28O2/c1-15(8-7-9-16(2)12-13-22)10-11-20-17(3)14-21(23-6)19(5)18(20)4/h7-10,13-14H,11-12H2,1-6H3. The topological polar surface area (TPSA) is 26.3 Å². The van der Waals surface area contributed by atoms with Crippen LogP contribution in [-0.2, 0) is 11.2 Å². The number of aryl methyl sites for hydroxylation is 1. The van der Waals surface area contributed by atoms with Gasteiger partial charge in [-0.3, -0.25) is 0 Å². The third-order valence-electron chi connectivity index (χ3n) is 4.20. The number of methoxy groups -OCH3 is 1. The lowest BCUT2D eigenvalue weighted by Crippen LogP contribution is -1.99. The Morgan fingerprint density at radius 3 is 2.48 bits per heavy atom. The molecule has 0 aliphatic rings. The van der Waals surface area contributed by atoms with Crippen LogP contribution < -0.4 is 4.74 Å². The van der Waals surface area contributed by atoms with Gasteiger partial charge in [0.2, 0.25) is 0 Å². The summed E-state index contributed by atoms with van der Waals surface area (Å²) in [5.41, 5.74) is 7.43. The van der Waals surface area contributed by atoms with Gasteiger partial charge in [0.05, 0.1) is 7.11 Å². The van der Waals surface area contributed by atoms with Gasteiger partial charge in [-0.2, -0.15) is 0 Å². The molecule has 0 heterocycles. The van der Waals surface area contributed by atoms with Crippen LogP contribution in [0.2, 0.25) is 0 Å². The fraction of sp³-hybridized carbons (Fsp3) is 0.381. The molecule has 0 atom stereocenters. The number of hydrogen-bond acceptors (Lipinski definition) is 2. The van der Waals surface area contributed by atoms with Crippen molar-refractivity contribution in [2.24, 2.45) is 0 Å². The molecule has 0 spiro atoms. The number of rotatable bonds is 7. The van der Waals surface area contributed by atoms with E-state index in [4.69, 9.17) is 4.74 Å². The van der Waals surface area contributed by atoms with E-state index < -0.39 is 0 Å². The summed E-state index contributed by atoms with van der Waals surface area (Å²) in [6, 6.07) is 2.11. The van der Waals surface area contributed by atoms with E-state index in [9.17, 15) is 4.79 Å². The number of hydrogen-bond donors (Lipinski definition) is 0. The molecule has 0 radical (unpaired) electrons. The van der Waals surface area contributed by atoms with E-state index in [0.29, 0.717) is 6.42 Å². The van der Waals surface area contributed by atoms with Gasteiger partial charge in [0.15, 0.2) is 0 Å². The van der Waals surface area contributed by atoms with Crippen molar-refractivity contribution in [1.29, 1.82) is 0 Å². The molecule has 0 unspecified atom stereocenters. The normalized spacial score (nSPS) is 12.8. The molecule has 0 saturated carbocycles. The molecule has 2 nitrogen and oxygen atoms in total. The fourth-order valence-electron chi connectivity index (χ4n) is 2.52. The van der Waals surface area contributed by atoms with Crippen molar-refractivity contribution in [1.82, 2.24) is 0 Å². The summed E-state index contributed by atoms with van der Waals surface area (Å²) < 4.78 is 5.42. The van der Waals surface area contributed by atoms with E-state index in [1.807, 2.05) is 19.1 Å². The maximum absolute atomic E-state index is 10.4. The zero-order valence-electron chi connectivity index (χ0n) is 15.2. The molecule has 1 aromatic carbocycles. The summed E-state index contributed by atoms with van der Waals surface area (Å²) in [6.07, 6.45) is 10.6. The maximum atomic E-state index is 10.4. The summed E-state index contributed by atoms with van der Waals surface area (Å²) in [7, 11) is 1.72. The highest BCUT2D eigenvalue weighted by Gasteiger charge is 2.09. The Hall–Kier alpha value is -2.09. The van der Waals surface area contributed by atoms with E-state index in [1.165, 1.54) is 27.8 Å². The van der Waals surface area contributed by atoms with Crippen LogP contribution in [0.1, 0.15) is 42.5 Å². The second-order valence-electron chi connectivity index (χ2n) is 6.02. The number of ether oxygens (including phenoxy) is 1. The highest BCUT2D eigenvalue weighted by atomic mass is 16.5. The second-order valence-corrected chi connectivity index (χ2v) is 6.02. The molecule has 0 aliphatic carbocycles. The first-order valence-electron chi connectivity index (χ1n) is 7.98. The van der Waals surface area contributed by atoms with Crippen molar-refractivity contribution in [3.63, 3.8) is 0 Å². The van der Waals surface area contributed by atoms with Crippen LogP contribution in [-0.4, -0.2) is 13.4 Å².